The van der Waals surface area contributed by atoms with Gasteiger partial charge in [0.25, 0.3) is 0 Å². The van der Waals surface area contributed by atoms with Crippen molar-refractivity contribution in [2.45, 2.75) is 13.8 Å². The van der Waals surface area contributed by atoms with E-state index in [-0.39, 0.29) is 0 Å². The van der Waals surface area contributed by atoms with Crippen LogP contribution in [-0.2, 0) is 0 Å². The second-order valence-electron chi connectivity index (χ2n) is 2.29. The average Bonchev–Trinajstić information content (AvgIpc) is 1.83. The summed E-state index contributed by atoms with van der Waals surface area (Å²) < 4.78 is 1.30. The first-order chi connectivity index (χ1) is 4.22. The fourth-order valence-electron chi connectivity index (χ4n) is 0.774. The van der Waals surface area contributed by atoms with Gasteiger partial charge in [-0.15, -0.1) is 4.43 Å². The molecule has 0 aromatic heterocycles. The first kappa shape index (κ1) is 6.87. The molecule has 0 aliphatic rings. The van der Waals surface area contributed by atoms with E-state index in [4.69, 9.17) is 0 Å². The van der Waals surface area contributed by atoms with Crippen molar-refractivity contribution in [1.29, 1.82) is 0 Å². The van der Waals surface area contributed by atoms with Gasteiger partial charge in [-0.05, 0) is 19.4 Å². The molecule has 1 aromatic rings. The van der Waals surface area contributed by atoms with Gasteiger partial charge in [-0.25, -0.2) is 0 Å². The van der Waals surface area contributed by atoms with E-state index in [0.29, 0.717) is 0 Å². The van der Waals surface area contributed by atoms with Crippen molar-refractivity contribution in [2.24, 2.45) is 0 Å². The van der Waals surface area contributed by atoms with E-state index in [1.165, 1.54) is 15.6 Å². The third-order valence-corrected chi connectivity index (χ3v) is 2.27. The minimum Gasteiger partial charge on any atom is -0.136 e. The molecule has 1 rings (SSSR count). The van der Waals surface area contributed by atoms with E-state index in [1.54, 1.807) is 0 Å². The highest BCUT2D eigenvalue weighted by atomic mass is 27.0. The molecule has 0 nitrogen and oxygen atoms in total. The predicted octanol–water partition coefficient (Wildman–Crippen LogP) is 1.10. The zero-order chi connectivity index (χ0) is 6.85. The highest BCUT2D eigenvalue weighted by Crippen LogP contribution is 1.99. The molecule has 0 bridgehead atoms. The van der Waals surface area contributed by atoms with Crippen LogP contribution in [0.3, 0.4) is 0 Å². The van der Waals surface area contributed by atoms with Crippen LogP contribution in [0.15, 0.2) is 18.2 Å². The molecule has 0 aliphatic heterocycles. The minimum atomic E-state index is 1.30. The third-order valence-electron chi connectivity index (χ3n) is 1.65. The van der Waals surface area contributed by atoms with Gasteiger partial charge in [0.05, 0.1) is 0 Å². The molecule has 2 radical (unpaired) electrons. The maximum Gasteiger partial charge on any atom is 0.176 e. The summed E-state index contributed by atoms with van der Waals surface area (Å²) in [5, 5.41) is 0. The Balaban J connectivity index is 3.25. The number of hydrogen-bond acceptors (Lipinski definition) is 0. The first-order valence-corrected chi connectivity index (χ1v) is 3.61. The molecule has 44 valence electrons. The molecule has 0 amide bonds. The maximum atomic E-state index is 2.72. The molecule has 0 spiro atoms. The summed E-state index contributed by atoms with van der Waals surface area (Å²) in [7, 11) is 0. The van der Waals surface area contributed by atoms with Crippen molar-refractivity contribution in [3.63, 3.8) is 0 Å². The van der Waals surface area contributed by atoms with Gasteiger partial charge in [-0.3, -0.25) is 0 Å². The van der Waals surface area contributed by atoms with E-state index < -0.39 is 0 Å². The molecular weight excluding hydrogens is 123 g/mol. The summed E-state index contributed by atoms with van der Waals surface area (Å²) >= 11 is 2.72. The predicted molar refractivity (Wildman–Crippen MR) is 41.3 cm³/mol. The summed E-state index contributed by atoms with van der Waals surface area (Å²) in [4.78, 5) is 0. The number of hydrogen-bond donors (Lipinski definition) is 0. The van der Waals surface area contributed by atoms with Crippen LogP contribution in [0.25, 0.3) is 0 Å². The normalized spacial score (nSPS) is 9.56. The quantitative estimate of drug-likeness (QED) is 0.464. The smallest absolute Gasteiger partial charge is 0.136 e. The molecule has 1 heteroatoms. The topological polar surface area (TPSA) is 0 Å². The lowest BCUT2D eigenvalue weighted by molar-refractivity contribution is 1.37. The second kappa shape index (κ2) is 2.56. The highest BCUT2D eigenvalue weighted by Gasteiger charge is 1.90. The zero-order valence-electron chi connectivity index (χ0n) is 5.81. The van der Waals surface area contributed by atoms with E-state index in [9.17, 15) is 0 Å². The van der Waals surface area contributed by atoms with Gasteiger partial charge in [0.1, 0.15) is 0 Å². The SMILES string of the molecule is Cc1ccc[c]([Al])c1C. The lowest BCUT2D eigenvalue weighted by Gasteiger charge is -2.02. The fraction of sp³-hybridized carbons (Fsp3) is 0.250. The third kappa shape index (κ3) is 1.36. The van der Waals surface area contributed by atoms with Crippen LogP contribution in [0.5, 0.6) is 0 Å². The summed E-state index contributed by atoms with van der Waals surface area (Å²) in [5.74, 6) is 0. The molecule has 0 heterocycles. The second-order valence-corrected chi connectivity index (χ2v) is 2.91. The summed E-state index contributed by atoms with van der Waals surface area (Å²) in [5.41, 5.74) is 2.74. The van der Waals surface area contributed by atoms with Gasteiger partial charge < -0.3 is 0 Å². The molecule has 0 unspecified atom stereocenters. The Labute approximate surface area is 64.3 Å². The highest BCUT2D eigenvalue weighted by molar-refractivity contribution is 6.33. The number of aryl methyl sites for hydroxylation is 1. The number of rotatable bonds is 0. The Bertz CT molecular complexity index is 196. The van der Waals surface area contributed by atoms with Crippen LogP contribution < -0.4 is 4.43 Å². The van der Waals surface area contributed by atoms with E-state index in [2.05, 4.69) is 48.3 Å². The van der Waals surface area contributed by atoms with Crippen LogP contribution in [-0.4, -0.2) is 16.3 Å². The molecule has 9 heavy (non-hydrogen) atoms. The minimum absolute atomic E-state index is 1.30. The van der Waals surface area contributed by atoms with Gasteiger partial charge in [-0.1, -0.05) is 23.8 Å². The molecule has 0 fully saturated rings. The Kier molecular flexibility index (Phi) is 1.95. The van der Waals surface area contributed by atoms with E-state index in [1.807, 2.05) is 0 Å². The van der Waals surface area contributed by atoms with Crippen molar-refractivity contribution in [1.82, 2.24) is 0 Å². The molecule has 1 aromatic carbocycles. The van der Waals surface area contributed by atoms with Crippen LogP contribution in [0.4, 0.5) is 0 Å². The monoisotopic (exact) mass is 132 g/mol. The van der Waals surface area contributed by atoms with Gasteiger partial charge >= 0.3 is 0 Å². The molecule has 0 aliphatic carbocycles. The molecule has 0 N–H and O–H groups in total. The molecule has 0 atom stereocenters. The summed E-state index contributed by atoms with van der Waals surface area (Å²) in [6.07, 6.45) is 0. The number of benzene rings is 1. The van der Waals surface area contributed by atoms with Crippen molar-refractivity contribution in [2.75, 3.05) is 0 Å². The van der Waals surface area contributed by atoms with Gasteiger partial charge in [0.2, 0.25) is 0 Å². The van der Waals surface area contributed by atoms with Crippen molar-refractivity contribution < 1.29 is 0 Å². The van der Waals surface area contributed by atoms with Gasteiger partial charge in [0.15, 0.2) is 16.3 Å². The Morgan fingerprint density at radius 1 is 1.22 bits per heavy atom. The Hall–Kier alpha value is -0.248. The Morgan fingerprint density at radius 2 is 1.89 bits per heavy atom. The zero-order valence-corrected chi connectivity index (χ0v) is 6.96. The van der Waals surface area contributed by atoms with Crippen LogP contribution >= 0.6 is 0 Å². The molecule has 0 saturated carbocycles. The molecular formula is C8H9Al. The maximum absolute atomic E-state index is 2.72. The lowest BCUT2D eigenvalue weighted by atomic mass is 10.1. The summed E-state index contributed by atoms with van der Waals surface area (Å²) in [6, 6.07) is 6.31. The summed E-state index contributed by atoms with van der Waals surface area (Å²) in [6.45, 7) is 4.26. The van der Waals surface area contributed by atoms with Gasteiger partial charge in [-0.2, -0.15) is 0 Å². The molecule has 0 saturated heterocycles. The first-order valence-electron chi connectivity index (χ1n) is 3.03. The van der Waals surface area contributed by atoms with Crippen molar-refractivity contribution in [3.8, 4) is 0 Å². The van der Waals surface area contributed by atoms with Crippen LogP contribution in [0.2, 0.25) is 0 Å². The Morgan fingerprint density at radius 3 is 2.33 bits per heavy atom. The van der Waals surface area contributed by atoms with E-state index >= 15 is 0 Å². The van der Waals surface area contributed by atoms with Crippen LogP contribution in [0.1, 0.15) is 11.1 Å². The fourth-order valence-corrected chi connectivity index (χ4v) is 1.11. The van der Waals surface area contributed by atoms with E-state index in [0.717, 1.165) is 0 Å². The van der Waals surface area contributed by atoms with Crippen molar-refractivity contribution >= 4 is 20.7 Å². The largest absolute Gasteiger partial charge is 0.176 e. The van der Waals surface area contributed by atoms with Crippen LogP contribution in [0, 0.1) is 13.8 Å². The van der Waals surface area contributed by atoms with Gasteiger partial charge in [0, 0.05) is 0 Å². The lowest BCUT2D eigenvalue weighted by Crippen LogP contribution is -2.07. The average molecular weight is 132 g/mol. The standard InChI is InChI=1S/C8H9.Al/c1-7-5-3-4-6-8(7)2;/h3-5H,1-2H3;. The van der Waals surface area contributed by atoms with Crippen molar-refractivity contribution in [3.05, 3.63) is 29.3 Å².